The van der Waals surface area contributed by atoms with Crippen LogP contribution in [-0.2, 0) is 0 Å². The third-order valence-electron chi connectivity index (χ3n) is 3.08. The summed E-state index contributed by atoms with van der Waals surface area (Å²) in [6.45, 7) is 0. The van der Waals surface area contributed by atoms with E-state index in [-0.39, 0.29) is 0 Å². The van der Waals surface area contributed by atoms with Crippen molar-refractivity contribution < 1.29 is 4.57 Å². The Labute approximate surface area is 113 Å². The van der Waals surface area contributed by atoms with E-state index in [1.165, 1.54) is 32.5 Å². The highest BCUT2D eigenvalue weighted by Crippen LogP contribution is 2.28. The monoisotopic (exact) mass is 342 g/mol. The molecule has 3 rings (SSSR count). The van der Waals surface area contributed by atoms with Crippen LogP contribution in [0, 0.1) is 0 Å². The molecule has 0 spiro atoms. The predicted octanol–water partition coefficient (Wildman–Crippen LogP) is 3.60. The standard InChI is InChI=1S/C13H13INS/c14-9-11-7-8-16-13-6-5-10-3-1-2-4-12(10)15(11)13/h1-6,11H,7-9H2/q+1. The molecule has 0 fully saturated rings. The maximum Gasteiger partial charge on any atom is 0.240 e. The van der Waals surface area contributed by atoms with Crippen molar-refractivity contribution in [3.05, 3.63) is 36.4 Å². The van der Waals surface area contributed by atoms with Crippen molar-refractivity contribution in [3.8, 4) is 0 Å². The lowest BCUT2D eigenvalue weighted by Crippen LogP contribution is -2.45. The quantitative estimate of drug-likeness (QED) is 0.435. The van der Waals surface area contributed by atoms with Crippen LogP contribution in [0.15, 0.2) is 41.4 Å². The van der Waals surface area contributed by atoms with Crippen LogP contribution in [0.1, 0.15) is 12.5 Å². The Bertz CT molecular complexity index is 526. The number of nitrogens with zero attached hydrogens (tertiary/aromatic N) is 1. The van der Waals surface area contributed by atoms with E-state index >= 15 is 0 Å². The molecular formula is C13H13INS+. The molecule has 1 aromatic carbocycles. The van der Waals surface area contributed by atoms with Gasteiger partial charge in [0.05, 0.1) is 4.43 Å². The number of hydrogen-bond donors (Lipinski definition) is 0. The SMILES string of the molecule is ICC1CCSc2ccc3ccccc3[n+]21. The molecule has 1 aliphatic heterocycles. The maximum absolute atomic E-state index is 2.52. The summed E-state index contributed by atoms with van der Waals surface area (Å²) in [7, 11) is 0. The first kappa shape index (κ1) is 10.8. The van der Waals surface area contributed by atoms with E-state index in [1.807, 2.05) is 11.8 Å². The fraction of sp³-hybridized carbons (Fsp3) is 0.308. The van der Waals surface area contributed by atoms with E-state index in [4.69, 9.17) is 0 Å². The maximum atomic E-state index is 2.52. The minimum absolute atomic E-state index is 0.669. The highest BCUT2D eigenvalue weighted by molar-refractivity contribution is 14.1. The first-order valence-electron chi connectivity index (χ1n) is 5.52. The Morgan fingerprint density at radius 2 is 2.12 bits per heavy atom. The average Bonchev–Trinajstić information content (AvgIpc) is 2.37. The molecule has 0 saturated carbocycles. The van der Waals surface area contributed by atoms with Crippen molar-refractivity contribution >= 4 is 45.3 Å². The van der Waals surface area contributed by atoms with Crippen LogP contribution < -0.4 is 4.57 Å². The van der Waals surface area contributed by atoms with Gasteiger partial charge in [0.1, 0.15) is 0 Å². The number of halogens is 1. The van der Waals surface area contributed by atoms with E-state index in [2.05, 4.69) is 63.6 Å². The third kappa shape index (κ3) is 1.74. The van der Waals surface area contributed by atoms with Crippen LogP contribution in [0.2, 0.25) is 0 Å². The topological polar surface area (TPSA) is 3.88 Å². The zero-order valence-electron chi connectivity index (χ0n) is 8.90. The van der Waals surface area contributed by atoms with Crippen LogP contribution in [0.4, 0.5) is 0 Å². The molecule has 0 bridgehead atoms. The number of para-hydroxylation sites is 1. The van der Waals surface area contributed by atoms with Gasteiger partial charge in [0, 0.05) is 29.7 Å². The molecule has 3 heteroatoms. The number of thioether (sulfide) groups is 1. The van der Waals surface area contributed by atoms with Crippen molar-refractivity contribution in [1.82, 2.24) is 0 Å². The first-order chi connectivity index (χ1) is 7.90. The van der Waals surface area contributed by atoms with E-state index in [1.54, 1.807) is 0 Å². The van der Waals surface area contributed by atoms with E-state index in [0.717, 1.165) is 0 Å². The highest BCUT2D eigenvalue weighted by atomic mass is 127. The lowest BCUT2D eigenvalue weighted by molar-refractivity contribution is -0.730. The normalized spacial score (nSPS) is 19.7. The molecule has 0 aliphatic carbocycles. The number of benzene rings is 1. The van der Waals surface area contributed by atoms with E-state index in [9.17, 15) is 0 Å². The molecule has 1 aliphatic rings. The van der Waals surface area contributed by atoms with Crippen LogP contribution in [0.5, 0.6) is 0 Å². The first-order valence-corrected chi connectivity index (χ1v) is 8.03. The Hall–Kier alpha value is -0.290. The van der Waals surface area contributed by atoms with Gasteiger partial charge in [-0.2, -0.15) is 4.57 Å². The number of aromatic nitrogens is 1. The lowest BCUT2D eigenvalue weighted by atomic mass is 10.1. The number of hydrogen-bond acceptors (Lipinski definition) is 1. The molecular weight excluding hydrogens is 329 g/mol. The van der Waals surface area contributed by atoms with Gasteiger partial charge in [-0.05, 0) is 12.1 Å². The number of alkyl halides is 1. The van der Waals surface area contributed by atoms with E-state index in [0.29, 0.717) is 6.04 Å². The molecule has 82 valence electrons. The Morgan fingerprint density at radius 3 is 3.00 bits per heavy atom. The smallest absolute Gasteiger partial charge is 0.183 e. The summed E-state index contributed by atoms with van der Waals surface area (Å²) in [6, 6.07) is 13.9. The van der Waals surface area contributed by atoms with Gasteiger partial charge < -0.3 is 0 Å². The minimum Gasteiger partial charge on any atom is -0.183 e. The van der Waals surface area contributed by atoms with Crippen molar-refractivity contribution in [2.45, 2.75) is 17.5 Å². The van der Waals surface area contributed by atoms with Gasteiger partial charge in [0.2, 0.25) is 10.5 Å². The molecule has 0 saturated heterocycles. The van der Waals surface area contributed by atoms with Crippen molar-refractivity contribution in [3.63, 3.8) is 0 Å². The summed E-state index contributed by atoms with van der Waals surface area (Å²) >= 11 is 4.49. The van der Waals surface area contributed by atoms with Gasteiger partial charge in [-0.3, -0.25) is 0 Å². The van der Waals surface area contributed by atoms with Gasteiger partial charge in [-0.25, -0.2) is 0 Å². The second kappa shape index (κ2) is 4.53. The van der Waals surface area contributed by atoms with Gasteiger partial charge in [-0.1, -0.05) is 46.5 Å². The van der Waals surface area contributed by atoms with Crippen LogP contribution in [-0.4, -0.2) is 10.2 Å². The zero-order chi connectivity index (χ0) is 11.0. The third-order valence-corrected chi connectivity index (χ3v) is 5.17. The predicted molar refractivity (Wildman–Crippen MR) is 77.4 cm³/mol. The highest BCUT2D eigenvalue weighted by Gasteiger charge is 2.29. The Balaban J connectivity index is 2.30. The largest absolute Gasteiger partial charge is 0.240 e. The fourth-order valence-corrected chi connectivity index (χ4v) is 4.26. The number of fused-ring (bicyclic) bond motifs is 3. The Kier molecular flexibility index (Phi) is 3.07. The molecule has 1 aromatic heterocycles. The minimum atomic E-state index is 0.669. The van der Waals surface area contributed by atoms with E-state index < -0.39 is 0 Å². The Morgan fingerprint density at radius 1 is 1.25 bits per heavy atom. The molecule has 1 nitrogen and oxygen atoms in total. The second-order valence-corrected chi connectivity index (χ2v) is 6.04. The summed E-state index contributed by atoms with van der Waals surface area (Å²) in [5.74, 6) is 1.26. The lowest BCUT2D eigenvalue weighted by Gasteiger charge is -2.18. The van der Waals surface area contributed by atoms with Crippen molar-refractivity contribution in [1.29, 1.82) is 0 Å². The molecule has 16 heavy (non-hydrogen) atoms. The second-order valence-electron chi connectivity index (χ2n) is 4.05. The molecule has 2 aromatic rings. The van der Waals surface area contributed by atoms with Gasteiger partial charge in [0.15, 0.2) is 6.04 Å². The fourth-order valence-electron chi connectivity index (χ4n) is 2.28. The average molecular weight is 342 g/mol. The van der Waals surface area contributed by atoms with Crippen LogP contribution in [0.3, 0.4) is 0 Å². The molecule has 0 N–H and O–H groups in total. The summed E-state index contributed by atoms with van der Waals surface area (Å²) in [6.07, 6.45) is 1.29. The van der Waals surface area contributed by atoms with Gasteiger partial charge in [-0.15, -0.1) is 0 Å². The summed E-state index contributed by atoms with van der Waals surface area (Å²) in [4.78, 5) is 0. The van der Waals surface area contributed by atoms with Crippen LogP contribution >= 0.6 is 34.4 Å². The van der Waals surface area contributed by atoms with Gasteiger partial charge >= 0.3 is 0 Å². The number of rotatable bonds is 1. The molecule has 1 unspecified atom stereocenters. The molecule has 0 amide bonds. The summed E-state index contributed by atoms with van der Waals surface area (Å²) in [5, 5.41) is 2.77. The molecule has 2 heterocycles. The summed E-state index contributed by atoms with van der Waals surface area (Å²) in [5.41, 5.74) is 1.38. The molecule has 1 atom stereocenters. The van der Waals surface area contributed by atoms with Gasteiger partial charge in [0.25, 0.3) is 0 Å². The number of pyridine rings is 1. The van der Waals surface area contributed by atoms with Crippen LogP contribution in [0.25, 0.3) is 10.9 Å². The summed E-state index contributed by atoms with van der Waals surface area (Å²) < 4.78 is 3.72. The zero-order valence-corrected chi connectivity index (χ0v) is 11.9. The van der Waals surface area contributed by atoms with Crippen molar-refractivity contribution in [2.24, 2.45) is 0 Å². The molecule has 0 radical (unpaired) electrons. The van der Waals surface area contributed by atoms with Crippen molar-refractivity contribution in [2.75, 3.05) is 10.2 Å².